The molecule has 150 valence electrons. The van der Waals surface area contributed by atoms with Crippen LogP contribution in [-0.2, 0) is 6.42 Å². The smallest absolute Gasteiger partial charge is 0.191 e. The largest absolute Gasteiger partial charge is 0.493 e. The minimum atomic E-state index is -0.495. The van der Waals surface area contributed by atoms with Gasteiger partial charge in [-0.25, -0.2) is 8.78 Å². The first-order chi connectivity index (χ1) is 13.6. The highest BCUT2D eigenvalue weighted by molar-refractivity contribution is 5.80. The number of guanidine groups is 1. The highest BCUT2D eigenvalue weighted by Gasteiger charge is 2.42. The van der Waals surface area contributed by atoms with Crippen LogP contribution in [-0.4, -0.2) is 39.8 Å². The molecule has 0 bridgehead atoms. The average Bonchev–Trinajstić information content (AvgIpc) is 3.45. The van der Waals surface area contributed by atoms with E-state index in [4.69, 9.17) is 9.47 Å². The molecule has 0 heterocycles. The van der Waals surface area contributed by atoms with E-state index in [1.807, 2.05) is 18.2 Å². The van der Waals surface area contributed by atoms with Crippen LogP contribution < -0.4 is 20.1 Å². The quantitative estimate of drug-likeness (QED) is 0.564. The normalized spacial score (nSPS) is 18.5. The number of aliphatic imine (C=N–C) groups is 1. The topological polar surface area (TPSA) is 54.9 Å². The zero-order chi connectivity index (χ0) is 20.1. The van der Waals surface area contributed by atoms with E-state index in [9.17, 15) is 8.78 Å². The van der Waals surface area contributed by atoms with Crippen LogP contribution in [0.4, 0.5) is 8.78 Å². The second kappa shape index (κ2) is 8.91. The number of hydrogen-bond donors (Lipinski definition) is 2. The molecule has 2 atom stereocenters. The third kappa shape index (κ3) is 4.52. The van der Waals surface area contributed by atoms with Crippen molar-refractivity contribution in [1.29, 1.82) is 0 Å². The van der Waals surface area contributed by atoms with E-state index >= 15 is 0 Å². The van der Waals surface area contributed by atoms with E-state index < -0.39 is 11.6 Å². The summed E-state index contributed by atoms with van der Waals surface area (Å²) in [5.41, 5.74) is 1.25. The number of benzene rings is 2. The van der Waals surface area contributed by atoms with E-state index in [2.05, 4.69) is 15.6 Å². The summed E-state index contributed by atoms with van der Waals surface area (Å²) >= 11 is 0. The first-order valence-electron chi connectivity index (χ1n) is 9.19. The number of rotatable bonds is 7. The molecule has 0 aliphatic heterocycles. The summed E-state index contributed by atoms with van der Waals surface area (Å²) in [6.45, 7) is 0.653. The van der Waals surface area contributed by atoms with Crippen LogP contribution in [0.25, 0.3) is 0 Å². The van der Waals surface area contributed by atoms with Gasteiger partial charge in [0.15, 0.2) is 17.5 Å². The third-order valence-electron chi connectivity index (χ3n) is 4.86. The molecule has 0 amide bonds. The van der Waals surface area contributed by atoms with Crippen LogP contribution in [0.15, 0.2) is 41.4 Å². The van der Waals surface area contributed by atoms with Crippen molar-refractivity contribution in [3.05, 3.63) is 59.2 Å². The minimum absolute atomic E-state index is 0.0290. The van der Waals surface area contributed by atoms with Crippen LogP contribution in [0.1, 0.15) is 23.5 Å². The van der Waals surface area contributed by atoms with E-state index in [1.165, 1.54) is 18.2 Å². The van der Waals surface area contributed by atoms with Crippen LogP contribution in [0.3, 0.4) is 0 Å². The summed E-state index contributed by atoms with van der Waals surface area (Å²) in [6, 6.07) is 9.74. The molecule has 2 unspecified atom stereocenters. The lowest BCUT2D eigenvalue weighted by atomic mass is 10.1. The first-order valence-corrected chi connectivity index (χ1v) is 9.19. The van der Waals surface area contributed by atoms with Gasteiger partial charge in [0.05, 0.1) is 14.2 Å². The predicted octanol–water partition coefficient (Wildman–Crippen LogP) is 3.25. The molecule has 1 aliphatic rings. The molecule has 3 rings (SSSR count). The molecule has 1 aliphatic carbocycles. The summed E-state index contributed by atoms with van der Waals surface area (Å²) in [5, 5.41) is 6.47. The maximum Gasteiger partial charge on any atom is 0.191 e. The van der Waals surface area contributed by atoms with E-state index in [0.29, 0.717) is 30.4 Å². The maximum absolute atomic E-state index is 13.9. The van der Waals surface area contributed by atoms with Gasteiger partial charge in [-0.1, -0.05) is 12.1 Å². The molecule has 7 heteroatoms. The number of ether oxygens (including phenoxy) is 2. The Kier molecular flexibility index (Phi) is 6.34. The summed E-state index contributed by atoms with van der Waals surface area (Å²) in [7, 11) is 4.88. The van der Waals surface area contributed by atoms with Crippen LogP contribution in [0.5, 0.6) is 11.5 Å². The summed E-state index contributed by atoms with van der Waals surface area (Å²) in [4.78, 5) is 4.20. The van der Waals surface area contributed by atoms with Gasteiger partial charge < -0.3 is 20.1 Å². The fourth-order valence-electron chi connectivity index (χ4n) is 3.27. The lowest BCUT2D eigenvalue weighted by molar-refractivity contribution is 0.354. The SMILES string of the molecule is CN=C(NCCc1ccc(OC)c(OC)c1)NC1CC1c1c(F)cccc1F. The van der Waals surface area contributed by atoms with E-state index in [0.717, 1.165) is 12.0 Å². The summed E-state index contributed by atoms with van der Waals surface area (Å²) in [6.07, 6.45) is 1.44. The van der Waals surface area contributed by atoms with Crippen molar-refractivity contribution >= 4 is 5.96 Å². The van der Waals surface area contributed by atoms with Gasteiger partial charge in [0.1, 0.15) is 11.6 Å². The summed E-state index contributed by atoms with van der Waals surface area (Å²) < 4.78 is 38.4. The molecule has 0 saturated heterocycles. The minimum Gasteiger partial charge on any atom is -0.493 e. The van der Waals surface area contributed by atoms with Gasteiger partial charge in [-0.15, -0.1) is 0 Å². The maximum atomic E-state index is 13.9. The number of methoxy groups -OCH3 is 2. The second-order valence-electron chi connectivity index (χ2n) is 6.67. The molecule has 28 heavy (non-hydrogen) atoms. The molecule has 2 N–H and O–H groups in total. The fourth-order valence-corrected chi connectivity index (χ4v) is 3.27. The van der Waals surface area contributed by atoms with Crippen LogP contribution in [0, 0.1) is 11.6 Å². The molecule has 0 radical (unpaired) electrons. The van der Waals surface area contributed by atoms with Gasteiger partial charge in [0.2, 0.25) is 0 Å². The Balaban J connectivity index is 1.51. The predicted molar refractivity (Wildman–Crippen MR) is 105 cm³/mol. The van der Waals surface area contributed by atoms with Gasteiger partial charge in [-0.2, -0.15) is 0 Å². The second-order valence-corrected chi connectivity index (χ2v) is 6.67. The van der Waals surface area contributed by atoms with Gasteiger partial charge in [0.25, 0.3) is 0 Å². The Labute approximate surface area is 163 Å². The monoisotopic (exact) mass is 389 g/mol. The Morgan fingerprint density at radius 1 is 1.11 bits per heavy atom. The van der Waals surface area contributed by atoms with Gasteiger partial charge in [-0.3, -0.25) is 4.99 Å². The Hall–Kier alpha value is -2.83. The molecular formula is C21H25F2N3O2. The van der Waals surface area contributed by atoms with Crippen molar-refractivity contribution in [3.63, 3.8) is 0 Å². The molecule has 5 nitrogen and oxygen atoms in total. The fraction of sp³-hybridized carbons (Fsp3) is 0.381. The molecule has 1 fully saturated rings. The van der Waals surface area contributed by atoms with Gasteiger partial charge in [-0.05, 0) is 42.7 Å². The van der Waals surface area contributed by atoms with E-state index in [-0.39, 0.29) is 17.5 Å². The van der Waals surface area contributed by atoms with Crippen molar-refractivity contribution < 1.29 is 18.3 Å². The zero-order valence-corrected chi connectivity index (χ0v) is 16.3. The van der Waals surface area contributed by atoms with Gasteiger partial charge >= 0.3 is 0 Å². The molecule has 2 aromatic rings. The van der Waals surface area contributed by atoms with Crippen molar-refractivity contribution in [3.8, 4) is 11.5 Å². The Morgan fingerprint density at radius 2 is 1.82 bits per heavy atom. The summed E-state index contributed by atoms with van der Waals surface area (Å²) in [5.74, 6) is 0.832. The van der Waals surface area contributed by atoms with Crippen molar-refractivity contribution in [2.75, 3.05) is 27.8 Å². The molecule has 1 saturated carbocycles. The van der Waals surface area contributed by atoms with Crippen molar-refractivity contribution in [2.45, 2.75) is 24.8 Å². The molecular weight excluding hydrogens is 364 g/mol. The number of hydrogen-bond acceptors (Lipinski definition) is 3. The molecule has 0 aromatic heterocycles. The number of nitrogens with zero attached hydrogens (tertiary/aromatic N) is 1. The highest BCUT2D eigenvalue weighted by Crippen LogP contribution is 2.43. The Bertz CT molecular complexity index is 837. The Morgan fingerprint density at radius 3 is 2.46 bits per heavy atom. The van der Waals surface area contributed by atoms with Gasteiger partial charge in [0, 0.05) is 31.1 Å². The third-order valence-corrected chi connectivity index (χ3v) is 4.86. The van der Waals surface area contributed by atoms with E-state index in [1.54, 1.807) is 21.3 Å². The van der Waals surface area contributed by atoms with Crippen molar-refractivity contribution in [2.24, 2.45) is 4.99 Å². The average molecular weight is 389 g/mol. The van der Waals surface area contributed by atoms with Crippen LogP contribution >= 0.6 is 0 Å². The lowest BCUT2D eigenvalue weighted by Gasteiger charge is -2.13. The highest BCUT2D eigenvalue weighted by atomic mass is 19.1. The standard InChI is InChI=1S/C21H25F2N3O2/c1-24-21(25-10-9-13-7-8-18(27-2)19(11-13)28-3)26-17-12-14(17)20-15(22)5-4-6-16(20)23/h4-8,11,14,17H,9-10,12H2,1-3H3,(H2,24,25,26). The molecule has 2 aromatic carbocycles. The lowest BCUT2D eigenvalue weighted by Crippen LogP contribution is -2.40. The molecule has 0 spiro atoms. The zero-order valence-electron chi connectivity index (χ0n) is 16.3. The van der Waals surface area contributed by atoms with Crippen molar-refractivity contribution in [1.82, 2.24) is 10.6 Å². The number of halogens is 2. The van der Waals surface area contributed by atoms with Crippen LogP contribution in [0.2, 0.25) is 0 Å². The number of nitrogens with one attached hydrogen (secondary N) is 2. The first kappa shape index (κ1) is 19.9.